The van der Waals surface area contributed by atoms with E-state index in [1.807, 2.05) is 26.8 Å². The maximum absolute atomic E-state index is 12.9. The third-order valence-electron chi connectivity index (χ3n) is 7.23. The largest absolute Gasteiger partial charge is 0.468 e. The molecule has 6 nitrogen and oxygen atoms in total. The summed E-state index contributed by atoms with van der Waals surface area (Å²) in [5, 5.41) is 11.1. The summed E-state index contributed by atoms with van der Waals surface area (Å²) in [6.07, 6.45) is 1.24. The molecule has 0 saturated carbocycles. The predicted octanol–water partition coefficient (Wildman–Crippen LogP) is 3.79. The van der Waals surface area contributed by atoms with Crippen molar-refractivity contribution in [1.29, 1.82) is 0 Å². The van der Waals surface area contributed by atoms with Gasteiger partial charge in [-0.2, -0.15) is 0 Å². The Morgan fingerprint density at radius 2 is 1.90 bits per heavy atom. The van der Waals surface area contributed by atoms with Gasteiger partial charge >= 0.3 is 0 Å². The third-order valence-corrected chi connectivity index (χ3v) is 7.23. The Morgan fingerprint density at radius 1 is 1.29 bits per heavy atom. The zero-order valence-corrected chi connectivity index (χ0v) is 19.8. The molecule has 1 N–H and O–H groups in total. The number of ether oxygens (including phenoxy) is 2. The van der Waals surface area contributed by atoms with Gasteiger partial charge in [-0.1, -0.05) is 26.5 Å². The minimum absolute atomic E-state index is 0.0315. The maximum atomic E-state index is 12.9. The van der Waals surface area contributed by atoms with E-state index in [4.69, 9.17) is 13.9 Å². The minimum atomic E-state index is -1.04. The van der Waals surface area contributed by atoms with E-state index in [9.17, 15) is 14.7 Å². The van der Waals surface area contributed by atoms with Gasteiger partial charge in [-0.05, 0) is 45.8 Å². The van der Waals surface area contributed by atoms with Crippen LogP contribution in [0.5, 0.6) is 5.95 Å². The maximum Gasteiger partial charge on any atom is 0.291 e. The van der Waals surface area contributed by atoms with Crippen molar-refractivity contribution in [3.63, 3.8) is 0 Å². The second-order valence-corrected chi connectivity index (χ2v) is 9.42. The van der Waals surface area contributed by atoms with Crippen LogP contribution in [0.25, 0.3) is 0 Å². The van der Waals surface area contributed by atoms with E-state index in [0.29, 0.717) is 28.9 Å². The fourth-order valence-corrected chi connectivity index (χ4v) is 5.58. The Bertz CT molecular complexity index is 1020. The quantitative estimate of drug-likeness (QED) is 0.523. The molecule has 0 amide bonds. The van der Waals surface area contributed by atoms with E-state index >= 15 is 0 Å². The number of carbonyl (C=O) groups excluding carboxylic acids is 1. The molecule has 31 heavy (non-hydrogen) atoms. The first kappa shape index (κ1) is 23.5. The molecule has 1 fully saturated rings. The average molecular weight is 431 g/mol. The number of carbonyl (C=O) groups is 1. The number of fused-ring (bicyclic) bond motifs is 1. The average Bonchev–Trinajstić information content (AvgIpc) is 3.42. The number of aliphatic hydroxyl groups excluding tert-OH is 1. The fourth-order valence-electron chi connectivity index (χ4n) is 5.58. The van der Waals surface area contributed by atoms with Gasteiger partial charge in [-0.3, -0.25) is 9.59 Å². The smallest absolute Gasteiger partial charge is 0.291 e. The molecule has 6 atom stereocenters. The van der Waals surface area contributed by atoms with Crippen molar-refractivity contribution >= 4 is 5.78 Å². The SMILES string of the molecule is C=C([C@H](O)[C@@H](C)C(=O)CC)[C@H]1[C@]2(C)O[C@@H]2C(C)=C[C@@]1(C)c1oc(OC)c(C)c(=O)c1C. The highest BCUT2D eigenvalue weighted by molar-refractivity contribution is 5.81. The predicted molar refractivity (Wildman–Crippen MR) is 118 cm³/mol. The topological polar surface area (TPSA) is 89.3 Å². The molecule has 1 aromatic heterocycles. The van der Waals surface area contributed by atoms with Gasteiger partial charge < -0.3 is 19.0 Å². The van der Waals surface area contributed by atoms with E-state index < -0.39 is 29.0 Å². The molecule has 0 aromatic carbocycles. The van der Waals surface area contributed by atoms with Crippen molar-refractivity contribution in [2.24, 2.45) is 11.8 Å². The highest BCUT2D eigenvalue weighted by atomic mass is 16.6. The van der Waals surface area contributed by atoms with E-state index in [2.05, 4.69) is 6.58 Å². The van der Waals surface area contributed by atoms with Crippen LogP contribution in [-0.2, 0) is 14.9 Å². The van der Waals surface area contributed by atoms with Crippen LogP contribution in [0.3, 0.4) is 0 Å². The van der Waals surface area contributed by atoms with Gasteiger partial charge in [-0.15, -0.1) is 0 Å². The van der Waals surface area contributed by atoms with Crippen molar-refractivity contribution in [3.05, 3.63) is 50.9 Å². The molecule has 1 aliphatic heterocycles. The number of ketones is 1. The number of rotatable bonds is 7. The molecule has 3 rings (SSSR count). The Kier molecular flexibility index (Phi) is 5.87. The summed E-state index contributed by atoms with van der Waals surface area (Å²) in [6, 6.07) is 0. The molecular weight excluding hydrogens is 396 g/mol. The molecule has 2 heterocycles. The van der Waals surface area contributed by atoms with Crippen molar-refractivity contribution in [3.8, 4) is 5.95 Å². The fraction of sp³-hybridized carbons (Fsp3) is 0.600. The third kappa shape index (κ3) is 3.40. The number of methoxy groups -OCH3 is 1. The van der Waals surface area contributed by atoms with Crippen LogP contribution in [0.1, 0.15) is 57.9 Å². The lowest BCUT2D eigenvalue weighted by atomic mass is 9.59. The summed E-state index contributed by atoms with van der Waals surface area (Å²) >= 11 is 0. The van der Waals surface area contributed by atoms with Gasteiger partial charge in [0.2, 0.25) is 0 Å². The lowest BCUT2D eigenvalue weighted by Crippen LogP contribution is -2.48. The zero-order valence-electron chi connectivity index (χ0n) is 19.8. The summed E-state index contributed by atoms with van der Waals surface area (Å²) in [5.74, 6) is -0.403. The van der Waals surface area contributed by atoms with Gasteiger partial charge in [0.15, 0.2) is 5.43 Å². The van der Waals surface area contributed by atoms with Crippen LogP contribution < -0.4 is 10.2 Å². The van der Waals surface area contributed by atoms with Gasteiger partial charge in [0, 0.05) is 23.8 Å². The second-order valence-electron chi connectivity index (χ2n) is 9.42. The molecule has 170 valence electrons. The van der Waals surface area contributed by atoms with Crippen molar-refractivity contribution in [2.45, 2.75) is 78.1 Å². The summed E-state index contributed by atoms with van der Waals surface area (Å²) in [5.41, 5.74) is 0.835. The molecule has 0 spiro atoms. The standard InChI is InChI=1S/C25H34O6/c1-10-17(26)13(3)18(27)14(4)20-24(7,11-12(2)21-25(20,8)31-21)22-15(5)19(28)16(6)23(29-9)30-22/h11,13,18,20-21,27H,4,10H2,1-3,5-9H3/t13-,18+,20+,21+,24+,25-/m0/s1. The van der Waals surface area contributed by atoms with E-state index in [0.717, 1.165) is 5.57 Å². The monoisotopic (exact) mass is 430 g/mol. The summed E-state index contributed by atoms with van der Waals surface area (Å²) in [7, 11) is 1.47. The number of hydrogen-bond donors (Lipinski definition) is 1. The molecule has 1 aromatic rings. The van der Waals surface area contributed by atoms with Gasteiger partial charge in [0.05, 0.1) is 24.2 Å². The van der Waals surface area contributed by atoms with E-state index in [1.54, 1.807) is 27.7 Å². The van der Waals surface area contributed by atoms with Crippen LogP contribution in [0, 0.1) is 25.7 Å². The van der Waals surface area contributed by atoms with E-state index in [1.165, 1.54) is 7.11 Å². The van der Waals surface area contributed by atoms with E-state index in [-0.39, 0.29) is 23.3 Å². The molecular formula is C25H34O6. The Balaban J connectivity index is 2.21. The minimum Gasteiger partial charge on any atom is -0.468 e. The van der Waals surface area contributed by atoms with Crippen LogP contribution in [0.15, 0.2) is 33.0 Å². The Labute approximate surface area is 183 Å². The number of epoxide rings is 1. The highest BCUT2D eigenvalue weighted by Crippen LogP contribution is 2.61. The van der Waals surface area contributed by atoms with Gasteiger partial charge in [0.25, 0.3) is 5.95 Å². The van der Waals surface area contributed by atoms with Crippen molar-refractivity contribution in [1.82, 2.24) is 0 Å². The number of hydrogen-bond acceptors (Lipinski definition) is 6. The van der Waals surface area contributed by atoms with Crippen LogP contribution in [0.4, 0.5) is 0 Å². The molecule has 1 saturated heterocycles. The normalized spacial score (nSPS) is 31.3. The Morgan fingerprint density at radius 3 is 2.45 bits per heavy atom. The molecule has 0 bridgehead atoms. The number of Topliss-reactive ketones (excluding diaryl/α,β-unsaturated/α-hetero) is 1. The first-order valence-corrected chi connectivity index (χ1v) is 10.8. The highest BCUT2D eigenvalue weighted by Gasteiger charge is 2.67. The van der Waals surface area contributed by atoms with Gasteiger partial charge in [0.1, 0.15) is 23.2 Å². The summed E-state index contributed by atoms with van der Waals surface area (Å²) in [6.45, 7) is 17.1. The summed E-state index contributed by atoms with van der Waals surface area (Å²) < 4.78 is 17.6. The second kappa shape index (κ2) is 7.75. The number of allylic oxidation sites excluding steroid dienone is 1. The molecule has 1 aliphatic carbocycles. The van der Waals surface area contributed by atoms with Crippen molar-refractivity contribution in [2.75, 3.05) is 7.11 Å². The summed E-state index contributed by atoms with van der Waals surface area (Å²) in [4.78, 5) is 25.2. The molecule has 0 unspecified atom stereocenters. The van der Waals surface area contributed by atoms with Gasteiger partial charge in [-0.25, -0.2) is 0 Å². The molecule has 2 aliphatic rings. The first-order chi connectivity index (χ1) is 14.3. The Hall–Kier alpha value is -2.18. The zero-order chi connectivity index (χ0) is 23.5. The lowest BCUT2D eigenvalue weighted by molar-refractivity contribution is -0.124. The lowest BCUT2D eigenvalue weighted by Gasteiger charge is -2.43. The molecule has 0 radical (unpaired) electrons. The van der Waals surface area contributed by atoms with Crippen molar-refractivity contribution < 1.29 is 23.8 Å². The first-order valence-electron chi connectivity index (χ1n) is 10.8. The van der Waals surface area contributed by atoms with Crippen LogP contribution in [0.2, 0.25) is 0 Å². The van der Waals surface area contributed by atoms with Crippen LogP contribution >= 0.6 is 0 Å². The van der Waals surface area contributed by atoms with Crippen LogP contribution in [-0.4, -0.2) is 35.8 Å². The molecule has 6 heteroatoms. The number of aliphatic hydroxyl groups is 1.